The van der Waals surface area contributed by atoms with Gasteiger partial charge < -0.3 is 0 Å². The van der Waals surface area contributed by atoms with Crippen LogP contribution in [0.2, 0.25) is 0 Å². The smallest absolute Gasteiger partial charge is 0.0285 e. The molecule has 0 fully saturated rings. The molecule has 0 aliphatic rings. The van der Waals surface area contributed by atoms with Gasteiger partial charge in [0.2, 0.25) is 0 Å². The second kappa shape index (κ2) is 11.0. The van der Waals surface area contributed by atoms with Gasteiger partial charge in [-0.3, -0.25) is 0 Å². The summed E-state index contributed by atoms with van der Waals surface area (Å²) in [5.74, 6) is 0. The van der Waals surface area contributed by atoms with Crippen molar-refractivity contribution < 1.29 is 0 Å². The Balaban J connectivity index is 3.40. The van der Waals surface area contributed by atoms with E-state index in [-0.39, 0.29) is 0 Å². The maximum Gasteiger partial charge on any atom is 0.0285 e. The summed E-state index contributed by atoms with van der Waals surface area (Å²) in [5.41, 5.74) is 6.78. The Morgan fingerprint density at radius 1 is 0.786 bits per heavy atom. The minimum Gasteiger partial charge on any atom is -0.242 e. The lowest BCUT2D eigenvalue weighted by Gasteiger charge is -2.23. The third-order valence-corrected chi connectivity index (χ3v) is 2.08. The molecule has 14 heavy (non-hydrogen) atoms. The first-order valence-corrected chi connectivity index (χ1v) is 6.09. The molecule has 3 heteroatoms. The van der Waals surface area contributed by atoms with Crippen LogP contribution >= 0.6 is 0 Å². The van der Waals surface area contributed by atoms with Crippen molar-refractivity contribution in [1.29, 1.82) is 0 Å². The lowest BCUT2D eigenvalue weighted by molar-refractivity contribution is 0.113. The largest absolute Gasteiger partial charge is 0.242 e. The number of hydrazine groups is 2. The van der Waals surface area contributed by atoms with Crippen LogP contribution in [0.15, 0.2) is 0 Å². The molecule has 0 saturated heterocycles. The van der Waals surface area contributed by atoms with Crippen molar-refractivity contribution in [1.82, 2.24) is 16.0 Å². The van der Waals surface area contributed by atoms with E-state index in [0.717, 1.165) is 19.6 Å². The normalized spacial score (nSPS) is 11.1. The van der Waals surface area contributed by atoms with Gasteiger partial charge in [0.1, 0.15) is 0 Å². The SMILES string of the molecule is CCCCCNN(CCC)NCCC. The highest BCUT2D eigenvalue weighted by atomic mass is 15.7. The lowest BCUT2D eigenvalue weighted by atomic mass is 10.2. The predicted molar refractivity (Wildman–Crippen MR) is 62.8 cm³/mol. The third-order valence-electron chi connectivity index (χ3n) is 2.08. The van der Waals surface area contributed by atoms with E-state index in [1.807, 2.05) is 0 Å². The molecule has 0 aromatic heterocycles. The summed E-state index contributed by atoms with van der Waals surface area (Å²) >= 11 is 0. The highest BCUT2D eigenvalue weighted by Gasteiger charge is 1.99. The van der Waals surface area contributed by atoms with Crippen LogP contribution in [0.3, 0.4) is 0 Å². The van der Waals surface area contributed by atoms with Crippen molar-refractivity contribution in [2.24, 2.45) is 0 Å². The van der Waals surface area contributed by atoms with Gasteiger partial charge in [-0.1, -0.05) is 33.6 Å². The zero-order chi connectivity index (χ0) is 10.6. The summed E-state index contributed by atoms with van der Waals surface area (Å²) in [6.45, 7) is 9.85. The van der Waals surface area contributed by atoms with Gasteiger partial charge in [-0.2, -0.15) is 5.12 Å². The molecule has 0 atom stereocenters. The van der Waals surface area contributed by atoms with E-state index in [2.05, 4.69) is 36.7 Å². The molecule has 0 bridgehead atoms. The van der Waals surface area contributed by atoms with Gasteiger partial charge in [-0.25, -0.2) is 10.9 Å². The molecule has 0 spiro atoms. The molecular weight excluding hydrogens is 174 g/mol. The Morgan fingerprint density at radius 3 is 2.07 bits per heavy atom. The summed E-state index contributed by atoms with van der Waals surface area (Å²) < 4.78 is 0. The fraction of sp³-hybridized carbons (Fsp3) is 1.00. The van der Waals surface area contributed by atoms with Crippen LogP contribution in [0.1, 0.15) is 52.9 Å². The van der Waals surface area contributed by atoms with Crippen LogP contribution in [0.5, 0.6) is 0 Å². The van der Waals surface area contributed by atoms with Crippen molar-refractivity contribution in [3.8, 4) is 0 Å². The number of nitrogens with one attached hydrogen (secondary N) is 2. The molecule has 0 amide bonds. The summed E-state index contributed by atoms with van der Waals surface area (Å²) in [5, 5.41) is 2.14. The highest BCUT2D eigenvalue weighted by Crippen LogP contribution is 1.92. The zero-order valence-electron chi connectivity index (χ0n) is 10.1. The van der Waals surface area contributed by atoms with Gasteiger partial charge in [0, 0.05) is 19.6 Å². The number of hydrogen-bond acceptors (Lipinski definition) is 3. The number of nitrogens with zero attached hydrogens (tertiary/aromatic N) is 1. The van der Waals surface area contributed by atoms with Gasteiger partial charge in [-0.15, -0.1) is 0 Å². The molecule has 2 N–H and O–H groups in total. The fourth-order valence-corrected chi connectivity index (χ4v) is 1.27. The van der Waals surface area contributed by atoms with Crippen LogP contribution < -0.4 is 10.9 Å². The topological polar surface area (TPSA) is 27.3 Å². The maximum atomic E-state index is 3.41. The number of unbranched alkanes of at least 4 members (excludes halogenated alkanes) is 2. The van der Waals surface area contributed by atoms with Gasteiger partial charge in [0.05, 0.1) is 0 Å². The fourth-order valence-electron chi connectivity index (χ4n) is 1.27. The standard InChI is InChI=1S/C11H27N3/c1-4-7-8-10-13-14(11-6-3)12-9-5-2/h12-13H,4-11H2,1-3H3. The second-order valence-electron chi connectivity index (χ2n) is 3.67. The maximum absolute atomic E-state index is 3.41. The van der Waals surface area contributed by atoms with Gasteiger partial charge in [0.15, 0.2) is 0 Å². The summed E-state index contributed by atoms with van der Waals surface area (Å²) in [4.78, 5) is 0. The van der Waals surface area contributed by atoms with E-state index in [0.29, 0.717) is 0 Å². The van der Waals surface area contributed by atoms with E-state index in [4.69, 9.17) is 0 Å². The van der Waals surface area contributed by atoms with E-state index < -0.39 is 0 Å². The molecular formula is C11H27N3. The molecule has 0 aromatic carbocycles. The predicted octanol–water partition coefficient (Wildman–Crippen LogP) is 2.31. The van der Waals surface area contributed by atoms with Gasteiger partial charge in [-0.05, 0) is 19.3 Å². The first-order chi connectivity index (χ1) is 6.85. The molecule has 3 nitrogen and oxygen atoms in total. The number of hydrogen-bond donors (Lipinski definition) is 2. The summed E-state index contributed by atoms with van der Waals surface area (Å²) in [6, 6.07) is 0. The quantitative estimate of drug-likeness (QED) is 0.419. The van der Waals surface area contributed by atoms with Crippen LogP contribution in [0.4, 0.5) is 0 Å². The van der Waals surface area contributed by atoms with Crippen molar-refractivity contribution in [3.05, 3.63) is 0 Å². The lowest BCUT2D eigenvalue weighted by Crippen LogP contribution is -2.49. The molecule has 0 radical (unpaired) electrons. The Hall–Kier alpha value is -0.120. The van der Waals surface area contributed by atoms with Crippen LogP contribution in [-0.2, 0) is 0 Å². The van der Waals surface area contributed by atoms with Crippen LogP contribution in [-0.4, -0.2) is 24.8 Å². The second-order valence-corrected chi connectivity index (χ2v) is 3.67. The Labute approximate surface area is 89.2 Å². The average Bonchev–Trinajstić information content (AvgIpc) is 2.20. The van der Waals surface area contributed by atoms with Gasteiger partial charge in [0.25, 0.3) is 0 Å². The Kier molecular flexibility index (Phi) is 10.9. The minimum atomic E-state index is 1.06. The number of rotatable bonds is 10. The Morgan fingerprint density at radius 2 is 1.50 bits per heavy atom. The van der Waals surface area contributed by atoms with Crippen molar-refractivity contribution in [2.75, 3.05) is 19.6 Å². The van der Waals surface area contributed by atoms with Gasteiger partial charge >= 0.3 is 0 Å². The average molecular weight is 201 g/mol. The van der Waals surface area contributed by atoms with Crippen LogP contribution in [0.25, 0.3) is 0 Å². The molecule has 86 valence electrons. The Bertz CT molecular complexity index is 107. The molecule has 0 aliphatic carbocycles. The highest BCUT2D eigenvalue weighted by molar-refractivity contribution is 4.47. The first-order valence-electron chi connectivity index (χ1n) is 6.09. The zero-order valence-corrected chi connectivity index (χ0v) is 10.1. The van der Waals surface area contributed by atoms with E-state index in [1.165, 1.54) is 32.1 Å². The molecule has 0 aliphatic heterocycles. The minimum absolute atomic E-state index is 1.06. The molecule has 0 unspecified atom stereocenters. The van der Waals surface area contributed by atoms with Crippen molar-refractivity contribution >= 4 is 0 Å². The first kappa shape index (κ1) is 13.9. The van der Waals surface area contributed by atoms with E-state index in [1.54, 1.807) is 0 Å². The summed E-state index contributed by atoms with van der Waals surface area (Å²) in [6.07, 6.45) is 6.23. The molecule has 0 rings (SSSR count). The summed E-state index contributed by atoms with van der Waals surface area (Å²) in [7, 11) is 0. The van der Waals surface area contributed by atoms with E-state index >= 15 is 0 Å². The molecule has 0 heterocycles. The monoisotopic (exact) mass is 201 g/mol. The van der Waals surface area contributed by atoms with Crippen molar-refractivity contribution in [2.45, 2.75) is 52.9 Å². The molecule has 0 saturated carbocycles. The van der Waals surface area contributed by atoms with E-state index in [9.17, 15) is 0 Å². The van der Waals surface area contributed by atoms with Crippen molar-refractivity contribution in [3.63, 3.8) is 0 Å². The third kappa shape index (κ3) is 8.48. The molecule has 0 aromatic rings. The van der Waals surface area contributed by atoms with Crippen LogP contribution in [0, 0.1) is 0 Å².